The van der Waals surface area contributed by atoms with Crippen molar-refractivity contribution in [3.63, 3.8) is 0 Å². The number of ether oxygens (including phenoxy) is 1. The molecule has 0 saturated carbocycles. The van der Waals surface area contributed by atoms with Crippen LogP contribution in [0.5, 0.6) is 5.75 Å². The third-order valence-electron chi connectivity index (χ3n) is 3.27. The van der Waals surface area contributed by atoms with E-state index in [1.807, 2.05) is 32.0 Å². The van der Waals surface area contributed by atoms with E-state index in [9.17, 15) is 10.1 Å². The van der Waals surface area contributed by atoms with Gasteiger partial charge in [0.05, 0.1) is 19.2 Å². The Labute approximate surface area is 122 Å². The molecule has 6 nitrogen and oxygen atoms in total. The van der Waals surface area contributed by atoms with E-state index in [0.29, 0.717) is 12.3 Å². The summed E-state index contributed by atoms with van der Waals surface area (Å²) in [5.74, 6) is 1.05. The number of nitrogens with one attached hydrogen (secondary N) is 1. The summed E-state index contributed by atoms with van der Waals surface area (Å²) < 4.78 is 10.5. The zero-order valence-corrected chi connectivity index (χ0v) is 12.3. The maximum atomic E-state index is 10.8. The Morgan fingerprint density at radius 3 is 2.67 bits per heavy atom. The summed E-state index contributed by atoms with van der Waals surface area (Å²) in [5, 5.41) is 14.0. The van der Waals surface area contributed by atoms with E-state index < -0.39 is 4.92 Å². The molecule has 0 saturated heterocycles. The number of nitrogens with zero attached hydrogens (tertiary/aromatic N) is 1. The minimum absolute atomic E-state index is 0.227. The van der Waals surface area contributed by atoms with Crippen molar-refractivity contribution in [2.45, 2.75) is 19.9 Å². The van der Waals surface area contributed by atoms with Gasteiger partial charge in [0.25, 0.3) is 0 Å². The van der Waals surface area contributed by atoms with E-state index in [-0.39, 0.29) is 11.9 Å². The Morgan fingerprint density at radius 1 is 1.38 bits per heavy atom. The van der Waals surface area contributed by atoms with Crippen LogP contribution in [0.25, 0.3) is 0 Å². The lowest BCUT2D eigenvalue weighted by atomic mass is 9.99. The molecule has 6 heteroatoms. The molecule has 0 aliphatic rings. The molecule has 0 fully saturated rings. The molecule has 1 aromatic heterocycles. The highest BCUT2D eigenvalue weighted by Crippen LogP contribution is 2.30. The second kappa shape index (κ2) is 6.41. The molecule has 2 aromatic rings. The van der Waals surface area contributed by atoms with E-state index in [1.165, 1.54) is 6.07 Å². The fraction of sp³-hybridized carbons (Fsp3) is 0.333. The van der Waals surface area contributed by atoms with Crippen LogP contribution in [0, 0.1) is 17.0 Å². The van der Waals surface area contributed by atoms with Crippen molar-refractivity contribution in [3.8, 4) is 5.75 Å². The maximum Gasteiger partial charge on any atom is 0.433 e. The van der Waals surface area contributed by atoms with E-state index in [4.69, 9.17) is 9.15 Å². The van der Waals surface area contributed by atoms with Gasteiger partial charge in [0, 0.05) is 0 Å². The molecule has 1 atom stereocenters. The highest BCUT2D eigenvalue weighted by molar-refractivity contribution is 5.40. The number of hydrogen-bond acceptors (Lipinski definition) is 5. The Hall–Kier alpha value is -2.34. The first-order chi connectivity index (χ1) is 10.1. The van der Waals surface area contributed by atoms with Crippen LogP contribution in [0.2, 0.25) is 0 Å². The summed E-state index contributed by atoms with van der Waals surface area (Å²) in [6.07, 6.45) is 0. The lowest BCUT2D eigenvalue weighted by molar-refractivity contribution is -0.402. The molecular weight excluding hydrogens is 272 g/mol. The van der Waals surface area contributed by atoms with Gasteiger partial charge in [-0.2, -0.15) is 0 Å². The first-order valence-corrected chi connectivity index (χ1v) is 6.68. The van der Waals surface area contributed by atoms with Crippen molar-refractivity contribution in [2.24, 2.45) is 0 Å². The fourth-order valence-electron chi connectivity index (χ4n) is 2.26. The SMILES string of the molecule is CCNC(c1ccc([N+](=O)[O-])o1)c1ccc(OC)cc1C. The van der Waals surface area contributed by atoms with Crippen LogP contribution in [-0.4, -0.2) is 18.6 Å². The first kappa shape index (κ1) is 15.1. The first-order valence-electron chi connectivity index (χ1n) is 6.68. The Kier molecular flexibility index (Phi) is 4.59. The van der Waals surface area contributed by atoms with Gasteiger partial charge in [-0.1, -0.05) is 13.0 Å². The van der Waals surface area contributed by atoms with Gasteiger partial charge in [-0.05, 0) is 42.8 Å². The van der Waals surface area contributed by atoms with Crippen LogP contribution < -0.4 is 10.1 Å². The third kappa shape index (κ3) is 3.22. The summed E-state index contributed by atoms with van der Waals surface area (Å²) >= 11 is 0. The zero-order valence-electron chi connectivity index (χ0n) is 12.3. The lowest BCUT2D eigenvalue weighted by Gasteiger charge is -2.18. The predicted octanol–water partition coefficient (Wildman–Crippen LogP) is 3.20. The summed E-state index contributed by atoms with van der Waals surface area (Å²) in [4.78, 5) is 10.2. The Bertz CT molecular complexity index is 636. The van der Waals surface area contributed by atoms with Crippen molar-refractivity contribution in [1.82, 2.24) is 5.32 Å². The molecule has 1 aromatic carbocycles. The molecule has 0 aliphatic carbocycles. The molecule has 1 N–H and O–H groups in total. The number of methoxy groups -OCH3 is 1. The van der Waals surface area contributed by atoms with E-state index in [2.05, 4.69) is 5.32 Å². The lowest BCUT2D eigenvalue weighted by Crippen LogP contribution is -2.22. The molecule has 1 heterocycles. The number of rotatable bonds is 6. The predicted molar refractivity (Wildman–Crippen MR) is 78.6 cm³/mol. The molecule has 1 unspecified atom stereocenters. The third-order valence-corrected chi connectivity index (χ3v) is 3.27. The molecule has 0 radical (unpaired) electrons. The molecule has 0 spiro atoms. The van der Waals surface area contributed by atoms with Gasteiger partial charge in [-0.3, -0.25) is 10.1 Å². The van der Waals surface area contributed by atoms with Crippen molar-refractivity contribution < 1.29 is 14.1 Å². The average molecular weight is 290 g/mol. The van der Waals surface area contributed by atoms with Gasteiger partial charge in [-0.25, -0.2) is 0 Å². The van der Waals surface area contributed by atoms with Crippen molar-refractivity contribution in [2.75, 3.05) is 13.7 Å². The Balaban J connectivity index is 2.40. The molecule has 112 valence electrons. The topological polar surface area (TPSA) is 77.5 Å². The normalized spacial score (nSPS) is 12.1. The molecule has 2 rings (SSSR count). The van der Waals surface area contributed by atoms with Crippen molar-refractivity contribution in [3.05, 3.63) is 57.3 Å². The van der Waals surface area contributed by atoms with Crippen LogP contribution in [0.3, 0.4) is 0 Å². The summed E-state index contributed by atoms with van der Waals surface area (Å²) in [5.41, 5.74) is 2.03. The van der Waals surface area contributed by atoms with Crippen LogP contribution in [-0.2, 0) is 0 Å². The Morgan fingerprint density at radius 2 is 2.14 bits per heavy atom. The van der Waals surface area contributed by atoms with Gasteiger partial charge in [-0.15, -0.1) is 0 Å². The molecule has 0 bridgehead atoms. The minimum Gasteiger partial charge on any atom is -0.497 e. The van der Waals surface area contributed by atoms with Crippen LogP contribution in [0.1, 0.15) is 29.9 Å². The quantitative estimate of drug-likeness (QED) is 0.653. The minimum atomic E-state index is -0.534. The van der Waals surface area contributed by atoms with Crippen LogP contribution >= 0.6 is 0 Å². The fourth-order valence-corrected chi connectivity index (χ4v) is 2.26. The summed E-state index contributed by atoms with van der Waals surface area (Å²) in [6, 6.07) is 8.51. The smallest absolute Gasteiger partial charge is 0.433 e. The summed E-state index contributed by atoms with van der Waals surface area (Å²) in [7, 11) is 1.62. The van der Waals surface area contributed by atoms with Crippen molar-refractivity contribution in [1.29, 1.82) is 0 Å². The number of nitro groups is 1. The van der Waals surface area contributed by atoms with Crippen LogP contribution in [0.15, 0.2) is 34.7 Å². The molecule has 0 amide bonds. The van der Waals surface area contributed by atoms with E-state index in [0.717, 1.165) is 16.9 Å². The number of hydrogen-bond donors (Lipinski definition) is 1. The number of aryl methyl sites for hydroxylation is 1. The van der Waals surface area contributed by atoms with E-state index >= 15 is 0 Å². The second-order valence-electron chi connectivity index (χ2n) is 4.65. The standard InChI is InChI=1S/C15H18N2O4/c1-4-16-15(13-7-8-14(21-13)17(18)19)12-6-5-11(20-3)9-10(12)2/h5-9,15-16H,4H2,1-3H3. The van der Waals surface area contributed by atoms with Gasteiger partial charge >= 0.3 is 5.88 Å². The number of furan rings is 1. The molecular formula is C15H18N2O4. The molecule has 21 heavy (non-hydrogen) atoms. The maximum absolute atomic E-state index is 10.8. The van der Waals surface area contributed by atoms with E-state index in [1.54, 1.807) is 13.2 Å². The van der Waals surface area contributed by atoms with Gasteiger partial charge < -0.3 is 14.5 Å². The zero-order chi connectivity index (χ0) is 15.4. The summed E-state index contributed by atoms with van der Waals surface area (Å²) in [6.45, 7) is 4.66. The highest BCUT2D eigenvalue weighted by atomic mass is 16.6. The largest absolute Gasteiger partial charge is 0.497 e. The van der Waals surface area contributed by atoms with Crippen LogP contribution in [0.4, 0.5) is 5.88 Å². The monoisotopic (exact) mass is 290 g/mol. The van der Waals surface area contributed by atoms with Gasteiger partial charge in [0.1, 0.15) is 16.4 Å². The number of benzene rings is 1. The van der Waals surface area contributed by atoms with Crippen molar-refractivity contribution >= 4 is 5.88 Å². The van der Waals surface area contributed by atoms with Gasteiger partial charge in [0.15, 0.2) is 0 Å². The van der Waals surface area contributed by atoms with Gasteiger partial charge in [0.2, 0.25) is 0 Å². The second-order valence-corrected chi connectivity index (χ2v) is 4.65. The molecule has 0 aliphatic heterocycles. The average Bonchev–Trinajstić information content (AvgIpc) is 2.95. The highest BCUT2D eigenvalue weighted by Gasteiger charge is 2.22.